The number of aliphatic hydroxyl groups is 2. The van der Waals surface area contributed by atoms with Crippen LogP contribution in [0.4, 0.5) is 0 Å². The van der Waals surface area contributed by atoms with Crippen LogP contribution in [0, 0.1) is 0 Å². The number of hydrogen-bond donors (Lipinski definition) is 4. The molecule has 2 aromatic carbocycles. The summed E-state index contributed by atoms with van der Waals surface area (Å²) in [6.07, 6.45) is 0. The minimum absolute atomic E-state index is 0.196. The zero-order valence-corrected chi connectivity index (χ0v) is 12.9. The molecule has 6 nitrogen and oxygen atoms in total. The fourth-order valence-corrected chi connectivity index (χ4v) is 1.82. The van der Waals surface area contributed by atoms with E-state index in [2.05, 4.69) is 4.52 Å². The highest BCUT2D eigenvalue weighted by molar-refractivity contribution is 7.46. The number of fused-ring (bicyclic) bond motifs is 1. The minimum atomic E-state index is -4.49. The molecular formula is C14H21O6P. The van der Waals surface area contributed by atoms with Crippen molar-refractivity contribution >= 4 is 18.6 Å². The summed E-state index contributed by atoms with van der Waals surface area (Å²) >= 11 is 0. The Labute approximate surface area is 123 Å². The monoisotopic (exact) mass is 316 g/mol. The summed E-state index contributed by atoms with van der Waals surface area (Å²) in [5, 5.41) is 16.7. The molecule has 0 aliphatic rings. The van der Waals surface area contributed by atoms with Crippen LogP contribution in [0.5, 0.6) is 5.75 Å². The maximum atomic E-state index is 10.7. The van der Waals surface area contributed by atoms with E-state index in [9.17, 15) is 4.57 Å². The van der Waals surface area contributed by atoms with Gasteiger partial charge in [0.25, 0.3) is 0 Å². The number of phosphoric acid groups is 1. The molecule has 0 saturated carbocycles. The Morgan fingerprint density at radius 3 is 1.95 bits per heavy atom. The van der Waals surface area contributed by atoms with Gasteiger partial charge in [-0.1, -0.05) is 36.4 Å². The van der Waals surface area contributed by atoms with Gasteiger partial charge in [-0.15, -0.1) is 0 Å². The van der Waals surface area contributed by atoms with E-state index >= 15 is 0 Å². The molecule has 0 aromatic heterocycles. The van der Waals surface area contributed by atoms with Crippen molar-refractivity contribution in [3.05, 3.63) is 42.5 Å². The predicted molar refractivity (Wildman–Crippen MR) is 82.1 cm³/mol. The number of aliphatic hydroxyl groups excluding tert-OH is 2. The lowest BCUT2D eigenvalue weighted by molar-refractivity contribution is 0.284. The Kier molecular flexibility index (Phi) is 9.62. The van der Waals surface area contributed by atoms with Crippen LogP contribution in [-0.2, 0) is 4.57 Å². The quantitative estimate of drug-likeness (QED) is 0.633. The first-order valence-corrected chi connectivity index (χ1v) is 7.87. The van der Waals surface area contributed by atoms with E-state index in [-0.39, 0.29) is 19.0 Å². The Morgan fingerprint density at radius 1 is 0.952 bits per heavy atom. The van der Waals surface area contributed by atoms with E-state index in [0.29, 0.717) is 5.39 Å². The molecule has 0 radical (unpaired) electrons. The minimum Gasteiger partial charge on any atom is -0.404 e. The van der Waals surface area contributed by atoms with Crippen molar-refractivity contribution in [3.8, 4) is 5.75 Å². The smallest absolute Gasteiger partial charge is 0.404 e. The first-order valence-electron chi connectivity index (χ1n) is 6.34. The summed E-state index contributed by atoms with van der Waals surface area (Å²) in [4.78, 5) is 17.4. The molecule has 0 aliphatic carbocycles. The molecule has 4 N–H and O–H groups in total. The molecule has 0 unspecified atom stereocenters. The standard InChI is InChI=1S/C10H9O4P.2C2H6O/c11-15(12,13)14-10-7-3-5-8-4-1-2-6-9(8)10;2*1-2-3/h1-7H,(H2,11,12,13);2*3H,2H2,1H3. The Bertz CT molecular complexity index is 559. The highest BCUT2D eigenvalue weighted by Gasteiger charge is 2.16. The lowest BCUT2D eigenvalue weighted by Gasteiger charge is -2.09. The second kappa shape index (κ2) is 10.3. The van der Waals surface area contributed by atoms with Gasteiger partial charge in [-0.25, -0.2) is 4.57 Å². The lowest BCUT2D eigenvalue weighted by atomic mass is 10.1. The third kappa shape index (κ3) is 8.45. The third-order valence-electron chi connectivity index (χ3n) is 1.97. The molecule has 0 amide bonds. The maximum Gasteiger partial charge on any atom is 0.524 e. The second-order valence-electron chi connectivity index (χ2n) is 3.69. The van der Waals surface area contributed by atoms with Gasteiger partial charge < -0.3 is 14.7 Å². The Morgan fingerprint density at radius 2 is 1.43 bits per heavy atom. The van der Waals surface area contributed by atoms with E-state index in [4.69, 9.17) is 20.0 Å². The van der Waals surface area contributed by atoms with E-state index in [1.165, 1.54) is 6.07 Å². The molecule has 2 aromatic rings. The molecule has 118 valence electrons. The van der Waals surface area contributed by atoms with Crippen LogP contribution in [0.1, 0.15) is 13.8 Å². The normalized spacial score (nSPS) is 10.0. The summed E-state index contributed by atoms with van der Waals surface area (Å²) in [6.45, 7) is 3.86. The van der Waals surface area contributed by atoms with Gasteiger partial charge in [0.2, 0.25) is 0 Å². The number of phosphoric ester groups is 1. The highest BCUT2D eigenvalue weighted by Crippen LogP contribution is 2.40. The number of benzene rings is 2. The topological polar surface area (TPSA) is 107 Å². The molecule has 2 rings (SSSR count). The average Bonchev–Trinajstić information content (AvgIpc) is 2.39. The third-order valence-corrected chi connectivity index (χ3v) is 2.40. The highest BCUT2D eigenvalue weighted by atomic mass is 31.2. The summed E-state index contributed by atoms with van der Waals surface area (Å²) in [5.41, 5.74) is 0. The van der Waals surface area contributed by atoms with E-state index in [1.54, 1.807) is 32.0 Å². The van der Waals surface area contributed by atoms with Crippen LogP contribution in [-0.4, -0.2) is 33.2 Å². The van der Waals surface area contributed by atoms with E-state index in [0.717, 1.165) is 5.39 Å². The van der Waals surface area contributed by atoms with Gasteiger partial charge in [0.05, 0.1) is 0 Å². The molecule has 0 aliphatic heterocycles. The fourth-order valence-electron chi connectivity index (χ4n) is 1.40. The lowest BCUT2D eigenvalue weighted by Crippen LogP contribution is -1.90. The van der Waals surface area contributed by atoms with Gasteiger partial charge in [-0.05, 0) is 25.3 Å². The molecular weight excluding hydrogens is 295 g/mol. The van der Waals surface area contributed by atoms with Crippen molar-refractivity contribution in [2.75, 3.05) is 13.2 Å². The van der Waals surface area contributed by atoms with Crippen LogP contribution in [0.3, 0.4) is 0 Å². The molecule has 7 heteroatoms. The first kappa shape index (κ1) is 19.6. The zero-order chi connectivity index (χ0) is 16.3. The van der Waals surface area contributed by atoms with Gasteiger partial charge in [0.15, 0.2) is 0 Å². The van der Waals surface area contributed by atoms with Crippen LogP contribution in [0.2, 0.25) is 0 Å². The van der Waals surface area contributed by atoms with Crippen molar-refractivity contribution in [3.63, 3.8) is 0 Å². The van der Waals surface area contributed by atoms with Crippen molar-refractivity contribution in [2.45, 2.75) is 13.8 Å². The molecule has 0 fully saturated rings. The summed E-state index contributed by atoms with van der Waals surface area (Å²) in [6, 6.07) is 12.3. The van der Waals surface area contributed by atoms with Gasteiger partial charge in [-0.2, -0.15) is 0 Å². The summed E-state index contributed by atoms with van der Waals surface area (Å²) in [7, 11) is -4.49. The van der Waals surface area contributed by atoms with Gasteiger partial charge in [0, 0.05) is 18.6 Å². The Hall–Kier alpha value is -1.43. The van der Waals surface area contributed by atoms with Crippen molar-refractivity contribution in [1.29, 1.82) is 0 Å². The maximum absolute atomic E-state index is 10.7. The predicted octanol–water partition coefficient (Wildman–Crippen LogP) is 2.31. The van der Waals surface area contributed by atoms with Crippen LogP contribution in [0.25, 0.3) is 10.8 Å². The molecule has 0 heterocycles. The van der Waals surface area contributed by atoms with Gasteiger partial charge >= 0.3 is 7.82 Å². The molecule has 0 saturated heterocycles. The molecule has 0 atom stereocenters. The van der Waals surface area contributed by atoms with Gasteiger partial charge in [0.1, 0.15) is 5.75 Å². The van der Waals surface area contributed by atoms with E-state index in [1.807, 2.05) is 18.2 Å². The Balaban J connectivity index is 0.000000578. The summed E-state index contributed by atoms with van der Waals surface area (Å²) in [5.74, 6) is 0.196. The van der Waals surface area contributed by atoms with Crippen molar-refractivity contribution in [1.82, 2.24) is 0 Å². The van der Waals surface area contributed by atoms with Gasteiger partial charge in [-0.3, -0.25) is 9.79 Å². The average molecular weight is 316 g/mol. The SMILES string of the molecule is CCO.CCO.O=P(O)(O)Oc1cccc2ccccc12. The van der Waals surface area contributed by atoms with Crippen LogP contribution < -0.4 is 4.52 Å². The zero-order valence-electron chi connectivity index (χ0n) is 12.0. The second-order valence-corrected chi connectivity index (χ2v) is 4.86. The number of rotatable bonds is 2. The van der Waals surface area contributed by atoms with E-state index < -0.39 is 7.82 Å². The first-order chi connectivity index (χ1) is 9.89. The molecule has 21 heavy (non-hydrogen) atoms. The largest absolute Gasteiger partial charge is 0.524 e. The van der Waals surface area contributed by atoms with Crippen LogP contribution in [0.15, 0.2) is 42.5 Å². The fraction of sp³-hybridized carbons (Fsp3) is 0.286. The van der Waals surface area contributed by atoms with Crippen molar-refractivity contribution in [2.24, 2.45) is 0 Å². The molecule has 0 bridgehead atoms. The van der Waals surface area contributed by atoms with Crippen LogP contribution >= 0.6 is 7.82 Å². The number of hydrogen-bond acceptors (Lipinski definition) is 4. The van der Waals surface area contributed by atoms with Crippen molar-refractivity contribution < 1.29 is 29.1 Å². The molecule has 0 spiro atoms. The summed E-state index contributed by atoms with van der Waals surface area (Å²) < 4.78 is 15.3.